The number of aryl methyl sites for hydroxylation is 2. The molecule has 1 saturated carbocycles. The van der Waals surface area contributed by atoms with Gasteiger partial charge in [0, 0.05) is 47.9 Å². The number of hydrogen-bond acceptors (Lipinski definition) is 5. The molecule has 1 aliphatic carbocycles. The Morgan fingerprint density at radius 2 is 1.90 bits per heavy atom. The van der Waals surface area contributed by atoms with Gasteiger partial charge in [0.2, 0.25) is 15.9 Å². The molecule has 6 nitrogen and oxygen atoms in total. The van der Waals surface area contributed by atoms with Crippen molar-refractivity contribution in [2.45, 2.75) is 38.0 Å². The van der Waals surface area contributed by atoms with Crippen LogP contribution >= 0.6 is 11.3 Å². The van der Waals surface area contributed by atoms with E-state index in [1.807, 2.05) is 26.0 Å². The minimum absolute atomic E-state index is 0.123. The largest absolute Gasteiger partial charge is 0.461 e. The van der Waals surface area contributed by atoms with E-state index >= 15 is 0 Å². The SMILES string of the molecule is Cc1cc(S(=O)(=O)N2CCN(C(=O)/C=C/c3ccc(C4CC4C)o3)CC2)c(C)s1. The van der Waals surface area contributed by atoms with Crippen LogP contribution in [0.1, 0.15) is 40.5 Å². The summed E-state index contributed by atoms with van der Waals surface area (Å²) >= 11 is 1.49. The van der Waals surface area contributed by atoms with Crippen LogP contribution in [0.2, 0.25) is 0 Å². The third kappa shape index (κ3) is 4.20. The number of carbonyl (C=O) groups is 1. The van der Waals surface area contributed by atoms with E-state index in [4.69, 9.17) is 4.42 Å². The van der Waals surface area contributed by atoms with Crippen molar-refractivity contribution in [3.8, 4) is 0 Å². The molecule has 1 aliphatic heterocycles. The number of carbonyl (C=O) groups excluding carboxylic acids is 1. The molecule has 156 valence electrons. The lowest BCUT2D eigenvalue weighted by Gasteiger charge is -2.33. The topological polar surface area (TPSA) is 70.8 Å². The Balaban J connectivity index is 1.35. The standard InChI is InChI=1S/C21H26N2O4S2/c1-14-12-18(14)19-6-4-17(27-19)5-7-21(24)22-8-10-23(11-9-22)29(25,26)20-13-15(2)28-16(20)3/h4-7,13-14,18H,8-12H2,1-3H3/b7-5+. The van der Waals surface area contributed by atoms with Crippen LogP contribution in [0.4, 0.5) is 0 Å². The molecule has 0 bridgehead atoms. The Morgan fingerprint density at radius 1 is 1.21 bits per heavy atom. The average Bonchev–Trinajstić information content (AvgIpc) is 3.08. The van der Waals surface area contributed by atoms with Crippen molar-refractivity contribution >= 4 is 33.3 Å². The van der Waals surface area contributed by atoms with Gasteiger partial charge in [0.05, 0.1) is 4.90 Å². The second-order valence-electron chi connectivity index (χ2n) is 7.90. The molecule has 3 heterocycles. The van der Waals surface area contributed by atoms with Gasteiger partial charge in [-0.1, -0.05) is 6.92 Å². The summed E-state index contributed by atoms with van der Waals surface area (Å²) in [4.78, 5) is 16.4. The monoisotopic (exact) mass is 434 g/mol. The van der Waals surface area contributed by atoms with Crippen molar-refractivity contribution in [1.82, 2.24) is 9.21 Å². The molecule has 2 fully saturated rings. The van der Waals surface area contributed by atoms with E-state index < -0.39 is 10.0 Å². The van der Waals surface area contributed by atoms with Crippen molar-refractivity contribution in [2.24, 2.45) is 5.92 Å². The summed E-state index contributed by atoms with van der Waals surface area (Å²) in [5.41, 5.74) is 0. The van der Waals surface area contributed by atoms with Gasteiger partial charge >= 0.3 is 0 Å². The lowest BCUT2D eigenvalue weighted by Crippen LogP contribution is -2.50. The molecular weight excluding hydrogens is 408 g/mol. The van der Waals surface area contributed by atoms with Gasteiger partial charge in [0.1, 0.15) is 11.5 Å². The number of rotatable bonds is 5. The van der Waals surface area contributed by atoms with Crippen molar-refractivity contribution in [3.05, 3.63) is 45.5 Å². The zero-order valence-corrected chi connectivity index (χ0v) is 18.6. The van der Waals surface area contributed by atoms with Gasteiger partial charge in [-0.15, -0.1) is 11.3 Å². The fourth-order valence-electron chi connectivity index (χ4n) is 3.79. The normalized spacial score (nSPS) is 23.1. The zero-order chi connectivity index (χ0) is 20.8. The highest BCUT2D eigenvalue weighted by atomic mass is 32.2. The van der Waals surface area contributed by atoms with Crippen LogP contribution in [-0.4, -0.2) is 49.7 Å². The summed E-state index contributed by atoms with van der Waals surface area (Å²) < 4.78 is 33.1. The van der Waals surface area contributed by atoms with E-state index in [9.17, 15) is 13.2 Å². The van der Waals surface area contributed by atoms with Crippen LogP contribution in [0, 0.1) is 19.8 Å². The molecule has 0 radical (unpaired) electrons. The molecule has 2 aliphatic rings. The molecule has 0 N–H and O–H groups in total. The van der Waals surface area contributed by atoms with Crippen LogP contribution in [0.15, 0.2) is 33.6 Å². The number of furan rings is 1. The van der Waals surface area contributed by atoms with Gasteiger partial charge in [0.25, 0.3) is 0 Å². The maximum Gasteiger partial charge on any atom is 0.246 e. The Labute approximate surface area is 175 Å². The zero-order valence-electron chi connectivity index (χ0n) is 16.9. The second kappa shape index (κ2) is 7.74. The molecule has 0 spiro atoms. The first-order chi connectivity index (χ1) is 13.8. The van der Waals surface area contributed by atoms with Gasteiger partial charge < -0.3 is 9.32 Å². The summed E-state index contributed by atoms with van der Waals surface area (Å²) in [6, 6.07) is 5.60. The first kappa shape index (κ1) is 20.4. The summed E-state index contributed by atoms with van der Waals surface area (Å²) in [5.74, 6) is 2.73. The van der Waals surface area contributed by atoms with Crippen LogP contribution in [0.25, 0.3) is 6.08 Å². The molecule has 0 aromatic carbocycles. The van der Waals surface area contributed by atoms with Gasteiger partial charge in [-0.3, -0.25) is 4.79 Å². The molecule has 4 rings (SSSR count). The van der Waals surface area contributed by atoms with Gasteiger partial charge in [-0.2, -0.15) is 4.31 Å². The molecule has 2 aromatic rings. The van der Waals surface area contributed by atoms with E-state index in [2.05, 4.69) is 6.92 Å². The highest BCUT2D eigenvalue weighted by Gasteiger charge is 2.36. The summed E-state index contributed by atoms with van der Waals surface area (Å²) in [7, 11) is -3.51. The fraction of sp³-hybridized carbons (Fsp3) is 0.476. The van der Waals surface area contributed by atoms with Crippen molar-refractivity contribution < 1.29 is 17.6 Å². The minimum Gasteiger partial charge on any atom is -0.461 e. The molecular formula is C21H26N2O4S2. The first-order valence-electron chi connectivity index (χ1n) is 9.89. The van der Waals surface area contributed by atoms with Gasteiger partial charge in [-0.25, -0.2) is 8.42 Å². The molecule has 1 amide bonds. The highest BCUT2D eigenvalue weighted by Crippen LogP contribution is 2.47. The molecule has 2 unspecified atom stereocenters. The summed E-state index contributed by atoms with van der Waals surface area (Å²) in [6.45, 7) is 7.32. The van der Waals surface area contributed by atoms with E-state index in [1.165, 1.54) is 21.7 Å². The maximum absolute atomic E-state index is 12.9. The van der Waals surface area contributed by atoms with Crippen molar-refractivity contribution in [1.29, 1.82) is 0 Å². The smallest absolute Gasteiger partial charge is 0.246 e. The Morgan fingerprint density at radius 3 is 2.48 bits per heavy atom. The molecule has 2 atom stereocenters. The third-order valence-electron chi connectivity index (χ3n) is 5.68. The number of thiophene rings is 1. The number of piperazine rings is 1. The molecule has 29 heavy (non-hydrogen) atoms. The van der Waals surface area contributed by atoms with Crippen molar-refractivity contribution in [3.63, 3.8) is 0 Å². The van der Waals surface area contributed by atoms with E-state index in [1.54, 1.807) is 17.0 Å². The van der Waals surface area contributed by atoms with E-state index in [0.717, 1.165) is 21.9 Å². The van der Waals surface area contributed by atoms with E-state index in [-0.39, 0.29) is 5.91 Å². The van der Waals surface area contributed by atoms with Crippen LogP contribution in [0.3, 0.4) is 0 Å². The second-order valence-corrected chi connectivity index (χ2v) is 11.3. The lowest BCUT2D eigenvalue weighted by molar-refractivity contribution is -0.127. The minimum atomic E-state index is -3.51. The Kier molecular flexibility index (Phi) is 5.44. The van der Waals surface area contributed by atoms with Gasteiger partial charge in [0.15, 0.2) is 0 Å². The Hall–Kier alpha value is -1.90. The Bertz CT molecular complexity index is 1040. The quantitative estimate of drug-likeness (QED) is 0.674. The molecule has 8 heteroatoms. The third-order valence-corrected chi connectivity index (χ3v) is 8.80. The number of sulfonamides is 1. The summed E-state index contributed by atoms with van der Waals surface area (Å²) in [5, 5.41) is 0. The van der Waals surface area contributed by atoms with Gasteiger partial charge in [-0.05, 0) is 50.5 Å². The van der Waals surface area contributed by atoms with Crippen LogP contribution in [-0.2, 0) is 14.8 Å². The fourth-order valence-corrected chi connectivity index (χ4v) is 6.73. The lowest BCUT2D eigenvalue weighted by atomic mass is 10.3. The molecule has 2 aromatic heterocycles. The van der Waals surface area contributed by atoms with Crippen molar-refractivity contribution in [2.75, 3.05) is 26.2 Å². The van der Waals surface area contributed by atoms with Crippen LogP contribution in [0.5, 0.6) is 0 Å². The molecule has 1 saturated heterocycles. The van der Waals surface area contributed by atoms with Crippen LogP contribution < -0.4 is 0 Å². The average molecular weight is 435 g/mol. The number of hydrogen-bond donors (Lipinski definition) is 0. The predicted molar refractivity (Wildman–Crippen MR) is 113 cm³/mol. The highest BCUT2D eigenvalue weighted by molar-refractivity contribution is 7.89. The maximum atomic E-state index is 12.9. The first-order valence-corrected chi connectivity index (χ1v) is 12.2. The van der Waals surface area contributed by atoms with E-state index in [0.29, 0.717) is 48.7 Å². The number of nitrogens with zero attached hydrogens (tertiary/aromatic N) is 2. The summed E-state index contributed by atoms with van der Waals surface area (Å²) in [6.07, 6.45) is 4.36. The predicted octanol–water partition coefficient (Wildman–Crippen LogP) is 3.63. The number of amides is 1.